The number of aromatic nitrogens is 3. The van der Waals surface area contributed by atoms with Gasteiger partial charge in [-0.3, -0.25) is 4.79 Å². The molecule has 0 bridgehead atoms. The molecule has 0 atom stereocenters. The Morgan fingerprint density at radius 2 is 1.88 bits per heavy atom. The van der Waals surface area contributed by atoms with Crippen molar-refractivity contribution < 1.29 is 4.79 Å². The highest BCUT2D eigenvalue weighted by Crippen LogP contribution is 2.22. The molecule has 1 amide bonds. The van der Waals surface area contributed by atoms with E-state index in [4.69, 9.17) is 0 Å². The van der Waals surface area contributed by atoms with Crippen LogP contribution in [-0.2, 0) is 17.8 Å². The number of nitrogens with zero attached hydrogens (tertiary/aromatic N) is 2. The molecule has 26 heavy (non-hydrogen) atoms. The van der Waals surface area contributed by atoms with Crippen LogP contribution in [0.5, 0.6) is 0 Å². The molecule has 0 aliphatic heterocycles. The number of nitrogens with one attached hydrogen (secondary N) is 2. The van der Waals surface area contributed by atoms with Crippen LogP contribution in [0.15, 0.2) is 67.0 Å². The summed E-state index contributed by atoms with van der Waals surface area (Å²) in [7, 11) is 0. The van der Waals surface area contributed by atoms with E-state index in [2.05, 4.69) is 15.4 Å². The molecule has 2 aromatic heterocycles. The fourth-order valence-corrected chi connectivity index (χ4v) is 3.16. The molecule has 4 aromatic rings. The molecule has 0 saturated heterocycles. The molecule has 5 nitrogen and oxygen atoms in total. The summed E-state index contributed by atoms with van der Waals surface area (Å²) in [6.07, 6.45) is 4.08. The van der Waals surface area contributed by atoms with E-state index >= 15 is 0 Å². The minimum absolute atomic E-state index is 0.00492. The second-order valence-electron chi connectivity index (χ2n) is 6.36. The van der Waals surface area contributed by atoms with Gasteiger partial charge in [0.15, 0.2) is 0 Å². The van der Waals surface area contributed by atoms with Crippen LogP contribution in [-0.4, -0.2) is 20.7 Å². The third kappa shape index (κ3) is 3.24. The standard InChI is InChI=1S/C21H20N4O/c1-15-19(18-9-5-6-10-20(18)24-15)11-21(26)22-12-16-13-23-25(14-16)17-7-3-2-4-8-17/h2-10,13-14,24H,11-12H2,1H3,(H,22,26). The summed E-state index contributed by atoms with van der Waals surface area (Å²) in [5.41, 5.74) is 5.13. The second kappa shape index (κ2) is 6.88. The number of rotatable bonds is 5. The predicted molar refractivity (Wildman–Crippen MR) is 102 cm³/mol. The number of para-hydroxylation sites is 2. The van der Waals surface area contributed by atoms with Gasteiger partial charge in [-0.15, -0.1) is 0 Å². The first-order valence-corrected chi connectivity index (χ1v) is 8.62. The largest absolute Gasteiger partial charge is 0.358 e. The van der Waals surface area contributed by atoms with Crippen LogP contribution < -0.4 is 5.32 Å². The van der Waals surface area contributed by atoms with Gasteiger partial charge in [0.25, 0.3) is 0 Å². The highest BCUT2D eigenvalue weighted by molar-refractivity contribution is 5.90. The zero-order chi connectivity index (χ0) is 17.9. The van der Waals surface area contributed by atoms with E-state index in [0.717, 1.165) is 33.4 Å². The van der Waals surface area contributed by atoms with Crippen molar-refractivity contribution in [2.24, 2.45) is 0 Å². The van der Waals surface area contributed by atoms with Crippen molar-refractivity contribution in [2.45, 2.75) is 19.9 Å². The lowest BCUT2D eigenvalue weighted by Gasteiger charge is -2.04. The number of hydrogen-bond donors (Lipinski definition) is 2. The number of H-pyrrole nitrogens is 1. The van der Waals surface area contributed by atoms with Crippen LogP contribution in [0.1, 0.15) is 16.8 Å². The Hall–Kier alpha value is -3.34. The minimum atomic E-state index is 0.00492. The number of hydrogen-bond acceptors (Lipinski definition) is 2. The van der Waals surface area contributed by atoms with Crippen LogP contribution in [0.3, 0.4) is 0 Å². The molecule has 4 rings (SSSR count). The third-order valence-corrected chi connectivity index (χ3v) is 4.51. The van der Waals surface area contributed by atoms with E-state index in [1.54, 1.807) is 6.20 Å². The summed E-state index contributed by atoms with van der Waals surface area (Å²) >= 11 is 0. The Bertz CT molecular complexity index is 1050. The number of aromatic amines is 1. The molecule has 130 valence electrons. The quantitative estimate of drug-likeness (QED) is 0.582. The van der Waals surface area contributed by atoms with Gasteiger partial charge >= 0.3 is 0 Å². The van der Waals surface area contributed by atoms with E-state index in [1.807, 2.05) is 72.4 Å². The first kappa shape index (κ1) is 16.1. The molecule has 0 radical (unpaired) electrons. The molecular weight excluding hydrogens is 324 g/mol. The zero-order valence-electron chi connectivity index (χ0n) is 14.6. The maximum Gasteiger partial charge on any atom is 0.224 e. The van der Waals surface area contributed by atoms with Crippen molar-refractivity contribution in [1.82, 2.24) is 20.1 Å². The smallest absolute Gasteiger partial charge is 0.224 e. The number of benzene rings is 2. The van der Waals surface area contributed by atoms with Crippen molar-refractivity contribution in [2.75, 3.05) is 0 Å². The Morgan fingerprint density at radius 3 is 2.73 bits per heavy atom. The van der Waals surface area contributed by atoms with E-state index in [-0.39, 0.29) is 5.91 Å². The van der Waals surface area contributed by atoms with E-state index in [0.29, 0.717) is 13.0 Å². The Labute approximate surface area is 151 Å². The van der Waals surface area contributed by atoms with Gasteiger partial charge in [0.1, 0.15) is 0 Å². The topological polar surface area (TPSA) is 62.7 Å². The third-order valence-electron chi connectivity index (χ3n) is 4.51. The van der Waals surface area contributed by atoms with Gasteiger partial charge < -0.3 is 10.3 Å². The summed E-state index contributed by atoms with van der Waals surface area (Å²) < 4.78 is 1.81. The lowest BCUT2D eigenvalue weighted by Crippen LogP contribution is -2.24. The molecule has 0 spiro atoms. The van der Waals surface area contributed by atoms with E-state index < -0.39 is 0 Å². The molecule has 0 unspecified atom stereocenters. The predicted octanol–water partition coefficient (Wildman–Crippen LogP) is 3.52. The zero-order valence-corrected chi connectivity index (χ0v) is 14.6. The minimum Gasteiger partial charge on any atom is -0.358 e. The molecule has 0 fully saturated rings. The number of carbonyl (C=O) groups is 1. The second-order valence-corrected chi connectivity index (χ2v) is 6.36. The lowest BCUT2D eigenvalue weighted by atomic mass is 10.1. The number of aryl methyl sites for hydroxylation is 1. The monoisotopic (exact) mass is 344 g/mol. The lowest BCUT2D eigenvalue weighted by molar-refractivity contribution is -0.120. The summed E-state index contributed by atoms with van der Waals surface area (Å²) in [5, 5.41) is 8.45. The van der Waals surface area contributed by atoms with Gasteiger partial charge in [-0.05, 0) is 30.7 Å². The average Bonchev–Trinajstić information content (AvgIpc) is 3.26. The Morgan fingerprint density at radius 1 is 1.12 bits per heavy atom. The average molecular weight is 344 g/mol. The van der Waals surface area contributed by atoms with Crippen LogP contribution in [0.25, 0.3) is 16.6 Å². The van der Waals surface area contributed by atoms with E-state index in [1.165, 1.54) is 0 Å². The van der Waals surface area contributed by atoms with Gasteiger partial charge in [0.2, 0.25) is 5.91 Å². The Balaban J connectivity index is 1.41. The summed E-state index contributed by atoms with van der Waals surface area (Å²) in [5.74, 6) is 0.00492. The maximum absolute atomic E-state index is 12.4. The number of amides is 1. The van der Waals surface area contributed by atoms with Crippen molar-refractivity contribution in [1.29, 1.82) is 0 Å². The molecule has 0 aliphatic rings. The summed E-state index contributed by atoms with van der Waals surface area (Å²) in [4.78, 5) is 15.7. The van der Waals surface area contributed by atoms with Crippen LogP contribution >= 0.6 is 0 Å². The van der Waals surface area contributed by atoms with Gasteiger partial charge in [-0.2, -0.15) is 5.10 Å². The fraction of sp³-hybridized carbons (Fsp3) is 0.143. The molecule has 5 heteroatoms. The highest BCUT2D eigenvalue weighted by Gasteiger charge is 2.12. The van der Waals surface area contributed by atoms with Gasteiger partial charge in [-0.1, -0.05) is 36.4 Å². The van der Waals surface area contributed by atoms with Gasteiger partial charge in [0, 0.05) is 34.9 Å². The molecular formula is C21H20N4O. The van der Waals surface area contributed by atoms with Crippen LogP contribution in [0.2, 0.25) is 0 Å². The summed E-state index contributed by atoms with van der Waals surface area (Å²) in [6.45, 7) is 2.47. The molecule has 0 saturated carbocycles. The van der Waals surface area contributed by atoms with E-state index in [9.17, 15) is 4.79 Å². The van der Waals surface area contributed by atoms with Crippen molar-refractivity contribution in [3.05, 3.63) is 83.8 Å². The Kier molecular flexibility index (Phi) is 4.27. The molecule has 2 N–H and O–H groups in total. The molecule has 2 heterocycles. The van der Waals surface area contributed by atoms with Crippen molar-refractivity contribution >= 4 is 16.8 Å². The van der Waals surface area contributed by atoms with Gasteiger partial charge in [0.05, 0.1) is 18.3 Å². The molecule has 0 aliphatic carbocycles. The first-order chi connectivity index (χ1) is 12.7. The molecule has 2 aromatic carbocycles. The van der Waals surface area contributed by atoms with Crippen LogP contribution in [0.4, 0.5) is 0 Å². The van der Waals surface area contributed by atoms with Gasteiger partial charge in [-0.25, -0.2) is 4.68 Å². The number of carbonyl (C=O) groups excluding carboxylic acids is 1. The first-order valence-electron chi connectivity index (χ1n) is 8.62. The highest BCUT2D eigenvalue weighted by atomic mass is 16.1. The van der Waals surface area contributed by atoms with Crippen molar-refractivity contribution in [3.8, 4) is 5.69 Å². The fourth-order valence-electron chi connectivity index (χ4n) is 3.16. The normalized spacial score (nSPS) is 11.0. The maximum atomic E-state index is 12.4. The summed E-state index contributed by atoms with van der Waals surface area (Å²) in [6, 6.07) is 18.0. The van der Waals surface area contributed by atoms with Crippen molar-refractivity contribution in [3.63, 3.8) is 0 Å². The SMILES string of the molecule is Cc1[nH]c2ccccc2c1CC(=O)NCc1cnn(-c2ccccc2)c1. The number of fused-ring (bicyclic) bond motifs is 1. The van der Waals surface area contributed by atoms with Crippen LogP contribution in [0, 0.1) is 6.92 Å².